The number of aliphatic hydroxyl groups is 1. The Hall–Kier alpha value is -0.860. The molecule has 0 saturated carbocycles. The van der Waals surface area contributed by atoms with E-state index in [4.69, 9.17) is 0 Å². The van der Waals surface area contributed by atoms with Gasteiger partial charge in [-0.2, -0.15) is 0 Å². The lowest BCUT2D eigenvalue weighted by atomic mass is 9.99. The molecular weight excluding hydrogens is 150 g/mol. The summed E-state index contributed by atoms with van der Waals surface area (Å²) in [6.45, 7) is 3.56. The van der Waals surface area contributed by atoms with Gasteiger partial charge >= 0.3 is 0 Å². The average Bonchev–Trinajstić information content (AvgIpc) is 2.08. The van der Waals surface area contributed by atoms with Crippen molar-refractivity contribution in [1.82, 2.24) is 0 Å². The first-order chi connectivity index (χ1) is 5.61. The summed E-state index contributed by atoms with van der Waals surface area (Å²) in [5.74, 6) is 0. The first-order valence-electron chi connectivity index (χ1n) is 3.96. The summed E-state index contributed by atoms with van der Waals surface area (Å²) < 4.78 is 0. The van der Waals surface area contributed by atoms with Crippen molar-refractivity contribution in [1.29, 1.82) is 0 Å². The molecule has 1 aromatic rings. The number of benzene rings is 1. The first-order valence-corrected chi connectivity index (χ1v) is 3.96. The van der Waals surface area contributed by atoms with Crippen LogP contribution in [0.2, 0.25) is 0 Å². The van der Waals surface area contributed by atoms with E-state index in [1.54, 1.807) is 13.8 Å². The van der Waals surface area contributed by atoms with Crippen LogP contribution in [0.5, 0.6) is 0 Å². The maximum atomic E-state index is 9.49. The molecule has 0 saturated heterocycles. The molecule has 0 bridgehead atoms. The average molecular weight is 167 g/mol. The van der Waals surface area contributed by atoms with Gasteiger partial charge in [-0.15, -0.1) is 0 Å². The number of hydrogen-bond donors (Lipinski definition) is 2. The molecule has 1 rings (SSSR count). The normalized spacial score (nSPS) is 10.1. The zero-order valence-electron chi connectivity index (χ0n) is 7.91. The minimum Gasteiger partial charge on any atom is -0.386 e. The van der Waals surface area contributed by atoms with Crippen LogP contribution < -0.4 is 5.73 Å². The highest BCUT2D eigenvalue weighted by molar-refractivity contribution is 5.20. The van der Waals surface area contributed by atoms with E-state index >= 15 is 0 Å². The highest BCUT2D eigenvalue weighted by atomic mass is 16.3. The van der Waals surface area contributed by atoms with E-state index in [1.807, 2.05) is 30.3 Å². The minimum atomic E-state index is -0.707. The third kappa shape index (κ3) is 3.51. The van der Waals surface area contributed by atoms with Crippen molar-refractivity contribution in [2.45, 2.75) is 19.4 Å². The molecule has 3 N–H and O–H groups in total. The van der Waals surface area contributed by atoms with Crippen molar-refractivity contribution in [2.75, 3.05) is 7.05 Å². The standard InChI is InChI=1S/C9H12O.CH5N/c1-9(2,10)8-6-4-3-5-7-8;1-2/h3-7,10H,1-2H3;2H2,1H3. The monoisotopic (exact) mass is 167 g/mol. The quantitative estimate of drug-likeness (QED) is 0.665. The second-order valence-corrected chi connectivity index (χ2v) is 2.93. The molecule has 0 heterocycles. The predicted molar refractivity (Wildman–Crippen MR) is 51.8 cm³/mol. The molecule has 0 aliphatic carbocycles. The number of nitrogens with two attached hydrogens (primary N) is 1. The molecule has 0 aliphatic heterocycles. The van der Waals surface area contributed by atoms with Crippen molar-refractivity contribution in [2.24, 2.45) is 5.73 Å². The Morgan fingerprint density at radius 3 is 1.75 bits per heavy atom. The summed E-state index contributed by atoms with van der Waals surface area (Å²) in [6, 6.07) is 9.62. The Kier molecular flexibility index (Phi) is 4.55. The SMILES string of the molecule is CC(C)(O)c1ccccc1.CN. The molecule has 12 heavy (non-hydrogen) atoms. The zero-order valence-corrected chi connectivity index (χ0v) is 7.91. The van der Waals surface area contributed by atoms with Gasteiger partial charge in [0.15, 0.2) is 0 Å². The second-order valence-electron chi connectivity index (χ2n) is 2.93. The Balaban J connectivity index is 0.000000561. The lowest BCUT2D eigenvalue weighted by Gasteiger charge is -2.16. The summed E-state index contributed by atoms with van der Waals surface area (Å²) in [4.78, 5) is 0. The third-order valence-electron chi connectivity index (χ3n) is 1.48. The van der Waals surface area contributed by atoms with Crippen LogP contribution in [0.1, 0.15) is 19.4 Å². The van der Waals surface area contributed by atoms with Crippen molar-refractivity contribution < 1.29 is 5.11 Å². The molecular formula is C10H17NO. The van der Waals surface area contributed by atoms with Gasteiger partial charge < -0.3 is 10.8 Å². The van der Waals surface area contributed by atoms with E-state index in [1.165, 1.54) is 7.05 Å². The zero-order chi connectivity index (χ0) is 9.61. The maximum absolute atomic E-state index is 9.49. The molecule has 0 amide bonds. The van der Waals surface area contributed by atoms with Gasteiger partial charge in [-0.3, -0.25) is 0 Å². The predicted octanol–water partition coefficient (Wildman–Crippen LogP) is 1.49. The van der Waals surface area contributed by atoms with Crippen molar-refractivity contribution >= 4 is 0 Å². The van der Waals surface area contributed by atoms with E-state index < -0.39 is 5.60 Å². The van der Waals surface area contributed by atoms with Gasteiger partial charge in [-0.25, -0.2) is 0 Å². The molecule has 0 aromatic heterocycles. The largest absolute Gasteiger partial charge is 0.386 e. The van der Waals surface area contributed by atoms with Crippen molar-refractivity contribution in [3.8, 4) is 0 Å². The number of rotatable bonds is 1. The summed E-state index contributed by atoms with van der Waals surface area (Å²) in [5, 5.41) is 9.49. The Bertz CT molecular complexity index is 201. The Morgan fingerprint density at radius 1 is 1.08 bits per heavy atom. The molecule has 0 fully saturated rings. The summed E-state index contributed by atoms with van der Waals surface area (Å²) >= 11 is 0. The molecule has 0 unspecified atom stereocenters. The van der Waals surface area contributed by atoms with Crippen LogP contribution in [-0.4, -0.2) is 12.2 Å². The lowest BCUT2D eigenvalue weighted by Crippen LogP contribution is -2.14. The van der Waals surface area contributed by atoms with Crippen LogP contribution in [0.3, 0.4) is 0 Å². The second kappa shape index (κ2) is 4.91. The van der Waals surface area contributed by atoms with Crippen LogP contribution in [0.15, 0.2) is 30.3 Å². The van der Waals surface area contributed by atoms with E-state index in [-0.39, 0.29) is 0 Å². The van der Waals surface area contributed by atoms with Gasteiger partial charge in [-0.1, -0.05) is 30.3 Å². The van der Waals surface area contributed by atoms with E-state index in [9.17, 15) is 5.11 Å². The number of hydrogen-bond acceptors (Lipinski definition) is 2. The first kappa shape index (κ1) is 11.1. The fourth-order valence-electron chi connectivity index (χ4n) is 0.846. The molecule has 0 atom stereocenters. The molecule has 1 aromatic carbocycles. The molecule has 0 radical (unpaired) electrons. The van der Waals surface area contributed by atoms with Crippen LogP contribution in [0.25, 0.3) is 0 Å². The molecule has 0 aliphatic rings. The van der Waals surface area contributed by atoms with Gasteiger partial charge in [0.05, 0.1) is 5.60 Å². The third-order valence-corrected chi connectivity index (χ3v) is 1.48. The van der Waals surface area contributed by atoms with Gasteiger partial charge in [-0.05, 0) is 26.5 Å². The molecule has 2 nitrogen and oxygen atoms in total. The van der Waals surface area contributed by atoms with Gasteiger partial charge in [0, 0.05) is 0 Å². The fourth-order valence-corrected chi connectivity index (χ4v) is 0.846. The van der Waals surface area contributed by atoms with Crippen LogP contribution in [0.4, 0.5) is 0 Å². The highest BCUT2D eigenvalue weighted by Gasteiger charge is 2.13. The van der Waals surface area contributed by atoms with Gasteiger partial charge in [0.25, 0.3) is 0 Å². The van der Waals surface area contributed by atoms with Crippen molar-refractivity contribution in [3.63, 3.8) is 0 Å². The van der Waals surface area contributed by atoms with Crippen LogP contribution in [-0.2, 0) is 5.60 Å². The Morgan fingerprint density at radius 2 is 1.50 bits per heavy atom. The molecule has 0 spiro atoms. The van der Waals surface area contributed by atoms with Gasteiger partial charge in [0.1, 0.15) is 0 Å². The minimum absolute atomic E-state index is 0.707. The van der Waals surface area contributed by atoms with Crippen LogP contribution in [0, 0.1) is 0 Å². The van der Waals surface area contributed by atoms with Crippen LogP contribution >= 0.6 is 0 Å². The fraction of sp³-hybridized carbons (Fsp3) is 0.400. The van der Waals surface area contributed by atoms with E-state index in [0.29, 0.717) is 0 Å². The van der Waals surface area contributed by atoms with Gasteiger partial charge in [0.2, 0.25) is 0 Å². The maximum Gasteiger partial charge on any atom is 0.0840 e. The summed E-state index contributed by atoms with van der Waals surface area (Å²) in [6.07, 6.45) is 0. The lowest BCUT2D eigenvalue weighted by molar-refractivity contribution is 0.0786. The smallest absolute Gasteiger partial charge is 0.0840 e. The summed E-state index contributed by atoms with van der Waals surface area (Å²) in [7, 11) is 1.50. The molecule has 2 heteroatoms. The summed E-state index contributed by atoms with van der Waals surface area (Å²) in [5.41, 5.74) is 4.75. The molecule has 68 valence electrons. The highest BCUT2D eigenvalue weighted by Crippen LogP contribution is 2.17. The Labute approximate surface area is 74.0 Å². The topological polar surface area (TPSA) is 46.2 Å². The van der Waals surface area contributed by atoms with E-state index in [2.05, 4.69) is 5.73 Å². The van der Waals surface area contributed by atoms with Crippen molar-refractivity contribution in [3.05, 3.63) is 35.9 Å². The van der Waals surface area contributed by atoms with E-state index in [0.717, 1.165) is 5.56 Å².